The van der Waals surface area contributed by atoms with Crippen LogP contribution in [0.4, 0.5) is 5.69 Å². The van der Waals surface area contributed by atoms with Gasteiger partial charge in [-0.25, -0.2) is 0 Å². The summed E-state index contributed by atoms with van der Waals surface area (Å²) in [6.07, 6.45) is 0. The Morgan fingerprint density at radius 3 is 2.58 bits per heavy atom. The third kappa shape index (κ3) is 2.00. The third-order valence-electron chi connectivity index (χ3n) is 3.26. The van der Waals surface area contributed by atoms with Crippen molar-refractivity contribution in [3.63, 3.8) is 0 Å². The van der Waals surface area contributed by atoms with Crippen molar-refractivity contribution in [3.8, 4) is 22.6 Å². The molecule has 1 heterocycles. The minimum Gasteiger partial charge on any atom is -0.454 e. The summed E-state index contributed by atoms with van der Waals surface area (Å²) in [5.74, 6) is 1.41. The molecule has 0 fully saturated rings. The van der Waals surface area contributed by atoms with Crippen molar-refractivity contribution in [2.45, 2.75) is 6.61 Å². The maximum atomic E-state index is 9.56. The fourth-order valence-corrected chi connectivity index (χ4v) is 2.30. The van der Waals surface area contributed by atoms with Crippen LogP contribution in [0.25, 0.3) is 11.1 Å². The Morgan fingerprint density at radius 1 is 1.11 bits per heavy atom. The van der Waals surface area contributed by atoms with Gasteiger partial charge in [-0.3, -0.25) is 0 Å². The maximum absolute atomic E-state index is 9.56. The van der Waals surface area contributed by atoms with Gasteiger partial charge in [-0.15, -0.1) is 0 Å². The Hall–Kier alpha value is -2.20. The molecule has 0 radical (unpaired) electrons. The first-order valence-corrected chi connectivity index (χ1v) is 6.14. The van der Waals surface area contributed by atoms with Gasteiger partial charge in [0.1, 0.15) is 0 Å². The van der Waals surface area contributed by atoms with E-state index in [4.69, 9.17) is 9.47 Å². The molecule has 0 amide bonds. The highest BCUT2D eigenvalue weighted by Crippen LogP contribution is 2.40. The molecule has 1 aliphatic rings. The van der Waals surface area contributed by atoms with E-state index in [0.717, 1.165) is 28.1 Å². The van der Waals surface area contributed by atoms with Crippen molar-refractivity contribution in [2.75, 3.05) is 19.2 Å². The van der Waals surface area contributed by atoms with Crippen LogP contribution in [-0.2, 0) is 6.61 Å². The van der Waals surface area contributed by atoms with Crippen LogP contribution in [0.1, 0.15) is 5.56 Å². The van der Waals surface area contributed by atoms with Gasteiger partial charge in [0.05, 0.1) is 6.61 Å². The van der Waals surface area contributed by atoms with Gasteiger partial charge >= 0.3 is 0 Å². The number of ether oxygens (including phenoxy) is 2. The third-order valence-corrected chi connectivity index (χ3v) is 3.26. The number of hydrogen-bond acceptors (Lipinski definition) is 4. The minimum atomic E-state index is -0.0377. The van der Waals surface area contributed by atoms with E-state index in [2.05, 4.69) is 5.32 Å². The number of hydrogen-bond donors (Lipinski definition) is 2. The Kier molecular flexibility index (Phi) is 3.01. The second-order valence-electron chi connectivity index (χ2n) is 4.32. The number of aliphatic hydroxyl groups excluding tert-OH is 1. The second kappa shape index (κ2) is 4.82. The molecule has 2 aromatic carbocycles. The summed E-state index contributed by atoms with van der Waals surface area (Å²) in [6.45, 7) is 0.196. The van der Waals surface area contributed by atoms with Crippen LogP contribution in [0.3, 0.4) is 0 Å². The number of nitrogens with one attached hydrogen (secondary N) is 1. The van der Waals surface area contributed by atoms with Gasteiger partial charge in [-0.1, -0.05) is 18.2 Å². The summed E-state index contributed by atoms with van der Waals surface area (Å²) >= 11 is 0. The average Bonchev–Trinajstić information content (AvgIpc) is 2.93. The summed E-state index contributed by atoms with van der Waals surface area (Å²) < 4.78 is 10.7. The molecule has 0 spiro atoms. The van der Waals surface area contributed by atoms with Gasteiger partial charge in [-0.05, 0) is 29.3 Å². The molecule has 0 atom stereocenters. The molecule has 2 aromatic rings. The first-order valence-electron chi connectivity index (χ1n) is 6.14. The molecule has 19 heavy (non-hydrogen) atoms. The standard InChI is InChI=1S/C15H15NO3/c1-16-13-5-3-2-4-11(13)12-7-15-14(18-9-19-15)6-10(12)8-17/h2-7,16-17H,8-9H2,1H3. The highest BCUT2D eigenvalue weighted by molar-refractivity contribution is 5.81. The molecule has 0 aromatic heterocycles. The zero-order valence-electron chi connectivity index (χ0n) is 10.6. The van der Waals surface area contributed by atoms with Gasteiger partial charge in [0.2, 0.25) is 6.79 Å². The van der Waals surface area contributed by atoms with Crippen LogP contribution in [-0.4, -0.2) is 18.9 Å². The summed E-state index contributed by atoms with van der Waals surface area (Å²) in [5.41, 5.74) is 3.83. The van der Waals surface area contributed by atoms with Gasteiger partial charge in [0.25, 0.3) is 0 Å². The predicted octanol–water partition coefficient (Wildman–Crippen LogP) is 2.62. The number of para-hydroxylation sites is 1. The molecule has 3 rings (SSSR count). The molecule has 0 aliphatic carbocycles. The lowest BCUT2D eigenvalue weighted by molar-refractivity contribution is 0.174. The molecule has 0 unspecified atom stereocenters. The van der Waals surface area contributed by atoms with Gasteiger partial charge in [0.15, 0.2) is 11.5 Å². The first-order chi connectivity index (χ1) is 9.33. The highest BCUT2D eigenvalue weighted by atomic mass is 16.7. The average molecular weight is 257 g/mol. The van der Waals surface area contributed by atoms with Crippen LogP contribution >= 0.6 is 0 Å². The molecule has 4 nitrogen and oxygen atoms in total. The minimum absolute atomic E-state index is 0.0377. The van der Waals surface area contributed by atoms with Crippen molar-refractivity contribution in [1.82, 2.24) is 0 Å². The molecule has 0 saturated heterocycles. The van der Waals surface area contributed by atoms with E-state index in [0.29, 0.717) is 5.75 Å². The Labute approximate surface area is 111 Å². The van der Waals surface area contributed by atoms with E-state index >= 15 is 0 Å². The lowest BCUT2D eigenvalue weighted by atomic mass is 9.97. The molecular formula is C15H15NO3. The number of fused-ring (bicyclic) bond motifs is 1. The molecule has 0 bridgehead atoms. The number of rotatable bonds is 3. The SMILES string of the molecule is CNc1ccccc1-c1cc2c(cc1CO)OCO2. The zero-order valence-corrected chi connectivity index (χ0v) is 10.6. The molecule has 98 valence electrons. The first kappa shape index (κ1) is 11.9. The van der Waals surface area contributed by atoms with Crippen molar-refractivity contribution in [2.24, 2.45) is 0 Å². The number of aliphatic hydroxyl groups is 1. The van der Waals surface area contributed by atoms with E-state index in [1.165, 1.54) is 0 Å². The summed E-state index contributed by atoms with van der Waals surface area (Å²) in [6, 6.07) is 11.7. The molecule has 2 N–H and O–H groups in total. The van der Waals surface area contributed by atoms with Gasteiger partial charge in [0, 0.05) is 18.3 Å². The van der Waals surface area contributed by atoms with Gasteiger partial charge < -0.3 is 19.9 Å². The molecule has 0 saturated carbocycles. The smallest absolute Gasteiger partial charge is 0.231 e. The zero-order chi connectivity index (χ0) is 13.2. The highest BCUT2D eigenvalue weighted by Gasteiger charge is 2.18. The van der Waals surface area contributed by atoms with Crippen LogP contribution in [0.5, 0.6) is 11.5 Å². The Morgan fingerprint density at radius 2 is 1.84 bits per heavy atom. The Balaban J connectivity index is 2.18. The van der Waals surface area contributed by atoms with Crippen molar-refractivity contribution in [3.05, 3.63) is 42.0 Å². The van der Waals surface area contributed by atoms with E-state index in [1.54, 1.807) is 0 Å². The van der Waals surface area contributed by atoms with Crippen LogP contribution in [0.15, 0.2) is 36.4 Å². The summed E-state index contributed by atoms with van der Waals surface area (Å²) in [5, 5.41) is 12.7. The summed E-state index contributed by atoms with van der Waals surface area (Å²) in [7, 11) is 1.88. The maximum Gasteiger partial charge on any atom is 0.231 e. The lowest BCUT2D eigenvalue weighted by Gasteiger charge is -2.13. The molecule has 1 aliphatic heterocycles. The number of benzene rings is 2. The Bertz CT molecular complexity index is 610. The van der Waals surface area contributed by atoms with Crippen LogP contribution in [0.2, 0.25) is 0 Å². The van der Waals surface area contributed by atoms with E-state index in [-0.39, 0.29) is 13.4 Å². The van der Waals surface area contributed by atoms with E-state index < -0.39 is 0 Å². The number of anilines is 1. The predicted molar refractivity (Wildman–Crippen MR) is 73.5 cm³/mol. The quantitative estimate of drug-likeness (QED) is 0.887. The lowest BCUT2D eigenvalue weighted by Crippen LogP contribution is -1.95. The molecular weight excluding hydrogens is 242 g/mol. The molecule has 4 heteroatoms. The van der Waals surface area contributed by atoms with E-state index in [1.807, 2.05) is 43.4 Å². The second-order valence-corrected chi connectivity index (χ2v) is 4.32. The largest absolute Gasteiger partial charge is 0.454 e. The fourth-order valence-electron chi connectivity index (χ4n) is 2.30. The van der Waals surface area contributed by atoms with Crippen molar-refractivity contribution >= 4 is 5.69 Å². The normalized spacial score (nSPS) is 12.5. The summed E-state index contributed by atoms with van der Waals surface area (Å²) in [4.78, 5) is 0. The van der Waals surface area contributed by atoms with Crippen LogP contribution < -0.4 is 14.8 Å². The van der Waals surface area contributed by atoms with Crippen molar-refractivity contribution in [1.29, 1.82) is 0 Å². The topological polar surface area (TPSA) is 50.7 Å². The van der Waals surface area contributed by atoms with Crippen molar-refractivity contribution < 1.29 is 14.6 Å². The van der Waals surface area contributed by atoms with Gasteiger partial charge in [-0.2, -0.15) is 0 Å². The van der Waals surface area contributed by atoms with E-state index in [9.17, 15) is 5.11 Å². The fraction of sp³-hybridized carbons (Fsp3) is 0.200. The van der Waals surface area contributed by atoms with Crippen LogP contribution in [0, 0.1) is 0 Å². The monoisotopic (exact) mass is 257 g/mol.